The Kier molecular flexibility index (Phi) is 15.0. The summed E-state index contributed by atoms with van der Waals surface area (Å²) in [6.45, 7) is 4.06. The van der Waals surface area contributed by atoms with Gasteiger partial charge in [-0.1, -0.05) is 55.8 Å². The van der Waals surface area contributed by atoms with Crippen LogP contribution in [0.2, 0.25) is 0 Å². The van der Waals surface area contributed by atoms with Gasteiger partial charge >= 0.3 is 0 Å². The number of nitriles is 1. The van der Waals surface area contributed by atoms with E-state index in [4.69, 9.17) is 4.74 Å². The summed E-state index contributed by atoms with van der Waals surface area (Å²) in [6.07, 6.45) is 14.9. The van der Waals surface area contributed by atoms with Gasteiger partial charge in [0.2, 0.25) is 0 Å². The molecule has 1 aromatic rings. The summed E-state index contributed by atoms with van der Waals surface area (Å²) in [5, 5.41) is 15.5. The summed E-state index contributed by atoms with van der Waals surface area (Å²) in [4.78, 5) is 11.6. The number of nitrogens with one attached hydrogen (secondary N) is 2. The van der Waals surface area contributed by atoms with Crippen LogP contribution in [0.3, 0.4) is 0 Å². The van der Waals surface area contributed by atoms with E-state index in [1.807, 2.05) is 44.4 Å². The van der Waals surface area contributed by atoms with Gasteiger partial charge in [-0.2, -0.15) is 5.26 Å². The summed E-state index contributed by atoms with van der Waals surface area (Å²) >= 11 is 0. The monoisotopic (exact) mass is 449 g/mol. The SMILES string of the molecule is CCCC/C(NC)=C(/C=O)CC1=CCC=C(c2ccccc2C#N)C=C1.CNCCCOC. The van der Waals surface area contributed by atoms with Gasteiger partial charge in [0.05, 0.1) is 11.6 Å². The second-order valence-corrected chi connectivity index (χ2v) is 7.77. The summed E-state index contributed by atoms with van der Waals surface area (Å²) < 4.78 is 4.80. The third-order valence-electron chi connectivity index (χ3n) is 5.34. The van der Waals surface area contributed by atoms with Crippen LogP contribution in [0.15, 0.2) is 65.4 Å². The lowest BCUT2D eigenvalue weighted by molar-refractivity contribution is -0.105. The molecule has 0 saturated carbocycles. The van der Waals surface area contributed by atoms with E-state index in [2.05, 4.69) is 41.9 Å². The number of carbonyl (C=O) groups is 1. The molecule has 0 bridgehead atoms. The lowest BCUT2D eigenvalue weighted by Gasteiger charge is -2.11. The Balaban J connectivity index is 0.000000675. The van der Waals surface area contributed by atoms with E-state index in [-0.39, 0.29) is 0 Å². The van der Waals surface area contributed by atoms with Crippen molar-refractivity contribution in [2.24, 2.45) is 0 Å². The predicted octanol–water partition coefficient (Wildman–Crippen LogP) is 5.32. The Morgan fingerprint density at radius 2 is 1.97 bits per heavy atom. The topological polar surface area (TPSA) is 74.2 Å². The van der Waals surface area contributed by atoms with Crippen molar-refractivity contribution in [3.8, 4) is 6.07 Å². The lowest BCUT2D eigenvalue weighted by atomic mass is 9.99. The fourth-order valence-electron chi connectivity index (χ4n) is 3.47. The average molecular weight is 450 g/mol. The molecule has 0 unspecified atom stereocenters. The second-order valence-electron chi connectivity index (χ2n) is 7.77. The maximum Gasteiger partial charge on any atom is 0.148 e. The van der Waals surface area contributed by atoms with Gasteiger partial charge in [0.25, 0.3) is 0 Å². The molecule has 0 heterocycles. The largest absolute Gasteiger partial charge is 0.391 e. The first-order valence-corrected chi connectivity index (χ1v) is 11.7. The number of ether oxygens (including phenoxy) is 1. The van der Waals surface area contributed by atoms with Crippen LogP contribution in [0, 0.1) is 11.3 Å². The molecule has 0 amide bonds. The highest BCUT2D eigenvalue weighted by Gasteiger charge is 2.10. The standard InChI is InChI=1S/C23H26N2O.C5H13NO/c1-3-4-12-23(25-2)21(17-26)15-18-8-7-10-19(14-13-18)22-11-6-5-9-20(22)16-24;1-6-4-3-5-7-2/h5-6,8-11,13-14,17,25H,3-4,7,12,15H2,1-2H3;6H,3-5H2,1-2H3/b23-21-;. The predicted molar refractivity (Wildman–Crippen MR) is 138 cm³/mol. The maximum atomic E-state index is 11.6. The van der Waals surface area contributed by atoms with Crippen molar-refractivity contribution in [3.05, 3.63) is 76.5 Å². The van der Waals surface area contributed by atoms with Crippen molar-refractivity contribution in [2.45, 2.75) is 45.4 Å². The number of unbranched alkanes of at least 4 members (excludes halogenated alkanes) is 1. The molecule has 0 radical (unpaired) electrons. The zero-order valence-electron chi connectivity index (χ0n) is 20.6. The minimum absolute atomic E-state index is 0.626. The number of allylic oxidation sites excluding steroid dienone is 8. The number of aldehydes is 1. The van der Waals surface area contributed by atoms with E-state index in [1.165, 1.54) is 0 Å². The fourth-order valence-corrected chi connectivity index (χ4v) is 3.47. The average Bonchev–Trinajstić information content (AvgIpc) is 3.09. The number of benzene rings is 1. The minimum atomic E-state index is 0.626. The molecule has 1 aromatic carbocycles. The molecule has 0 spiro atoms. The van der Waals surface area contributed by atoms with Crippen molar-refractivity contribution < 1.29 is 9.53 Å². The third kappa shape index (κ3) is 10.5. The number of nitrogens with zero attached hydrogens (tertiary/aromatic N) is 1. The first kappa shape index (κ1) is 28.1. The van der Waals surface area contributed by atoms with E-state index in [9.17, 15) is 10.1 Å². The zero-order chi connectivity index (χ0) is 24.3. The minimum Gasteiger partial charge on any atom is -0.391 e. The van der Waals surface area contributed by atoms with Gasteiger partial charge in [0.1, 0.15) is 6.29 Å². The highest BCUT2D eigenvalue weighted by molar-refractivity contribution is 5.79. The van der Waals surface area contributed by atoms with Crippen LogP contribution < -0.4 is 10.6 Å². The van der Waals surface area contributed by atoms with E-state index < -0.39 is 0 Å². The van der Waals surface area contributed by atoms with Crippen molar-refractivity contribution in [2.75, 3.05) is 34.4 Å². The molecular formula is C28H39N3O2. The molecule has 5 heteroatoms. The van der Waals surface area contributed by atoms with Crippen LogP contribution in [0.25, 0.3) is 5.57 Å². The van der Waals surface area contributed by atoms with Crippen molar-refractivity contribution in [3.63, 3.8) is 0 Å². The van der Waals surface area contributed by atoms with Gasteiger partial charge < -0.3 is 15.4 Å². The Bertz CT molecular complexity index is 885. The molecule has 1 aliphatic rings. The van der Waals surface area contributed by atoms with Gasteiger partial charge in [0.15, 0.2) is 0 Å². The molecule has 0 fully saturated rings. The van der Waals surface area contributed by atoms with Gasteiger partial charge in [-0.15, -0.1) is 0 Å². The Morgan fingerprint density at radius 1 is 1.18 bits per heavy atom. The first-order chi connectivity index (χ1) is 16.1. The molecule has 5 nitrogen and oxygen atoms in total. The second kappa shape index (κ2) is 17.6. The van der Waals surface area contributed by atoms with Gasteiger partial charge in [-0.3, -0.25) is 4.79 Å². The summed E-state index contributed by atoms with van der Waals surface area (Å²) in [6, 6.07) is 9.89. The molecule has 0 atom stereocenters. The zero-order valence-corrected chi connectivity index (χ0v) is 20.6. The Morgan fingerprint density at radius 3 is 2.61 bits per heavy atom. The molecule has 0 aromatic heterocycles. The van der Waals surface area contributed by atoms with Crippen LogP contribution in [0.4, 0.5) is 0 Å². The van der Waals surface area contributed by atoms with E-state index in [0.29, 0.717) is 12.0 Å². The number of rotatable bonds is 12. The van der Waals surface area contributed by atoms with Gasteiger partial charge in [-0.05, 0) is 62.1 Å². The molecule has 2 rings (SSSR count). The lowest BCUT2D eigenvalue weighted by Crippen LogP contribution is -2.10. The summed E-state index contributed by atoms with van der Waals surface area (Å²) in [5.41, 5.74) is 5.64. The Hall–Kier alpha value is -2.94. The van der Waals surface area contributed by atoms with Gasteiger partial charge in [-0.25, -0.2) is 0 Å². The van der Waals surface area contributed by atoms with E-state index in [0.717, 1.165) is 79.5 Å². The van der Waals surface area contributed by atoms with Crippen LogP contribution in [-0.4, -0.2) is 40.6 Å². The number of methoxy groups -OCH3 is 1. The Labute approximate surface area is 199 Å². The highest BCUT2D eigenvalue weighted by Crippen LogP contribution is 2.26. The molecule has 0 aliphatic heterocycles. The smallest absolute Gasteiger partial charge is 0.148 e. The fraction of sp³-hybridized carbons (Fsp3) is 0.429. The van der Waals surface area contributed by atoms with Crippen LogP contribution in [0.1, 0.15) is 56.6 Å². The van der Waals surface area contributed by atoms with Crippen LogP contribution in [-0.2, 0) is 9.53 Å². The van der Waals surface area contributed by atoms with Crippen molar-refractivity contribution >= 4 is 11.9 Å². The van der Waals surface area contributed by atoms with Crippen LogP contribution >= 0.6 is 0 Å². The van der Waals surface area contributed by atoms with Crippen molar-refractivity contribution in [1.82, 2.24) is 10.6 Å². The maximum absolute atomic E-state index is 11.6. The molecule has 1 aliphatic carbocycles. The van der Waals surface area contributed by atoms with E-state index in [1.54, 1.807) is 7.11 Å². The number of carbonyl (C=O) groups excluding carboxylic acids is 1. The van der Waals surface area contributed by atoms with Crippen molar-refractivity contribution in [1.29, 1.82) is 5.26 Å². The molecular weight excluding hydrogens is 410 g/mol. The number of hydrogen-bond donors (Lipinski definition) is 2. The van der Waals surface area contributed by atoms with Gasteiger partial charge in [0, 0.05) is 38.5 Å². The number of hydrogen-bond acceptors (Lipinski definition) is 5. The molecule has 0 saturated heterocycles. The molecule has 33 heavy (non-hydrogen) atoms. The van der Waals surface area contributed by atoms with Crippen LogP contribution in [0.5, 0.6) is 0 Å². The third-order valence-corrected chi connectivity index (χ3v) is 5.34. The normalized spacial score (nSPS) is 13.4. The molecule has 2 N–H and O–H groups in total. The highest BCUT2D eigenvalue weighted by atomic mass is 16.5. The quantitative estimate of drug-likeness (QED) is 0.257. The summed E-state index contributed by atoms with van der Waals surface area (Å²) in [5.74, 6) is 0. The summed E-state index contributed by atoms with van der Waals surface area (Å²) in [7, 11) is 5.54. The molecule has 178 valence electrons. The van der Waals surface area contributed by atoms with E-state index >= 15 is 0 Å². The first-order valence-electron chi connectivity index (χ1n) is 11.7.